The number of carbonyl (C=O) groups is 3. The molecule has 4 rings (SSSR count). The van der Waals surface area contributed by atoms with Crippen molar-refractivity contribution in [2.45, 2.75) is 19.3 Å². The number of nitrogens with zero attached hydrogens (tertiary/aromatic N) is 2. The van der Waals surface area contributed by atoms with Gasteiger partial charge in [-0.25, -0.2) is 0 Å². The van der Waals surface area contributed by atoms with Crippen LogP contribution in [0, 0.1) is 23.7 Å². The van der Waals surface area contributed by atoms with Gasteiger partial charge in [-0.1, -0.05) is 0 Å². The molecule has 1 N–H and O–H groups in total. The number of methoxy groups -OCH3 is 1. The molecule has 0 bridgehead atoms. The number of anilines is 1. The fourth-order valence-corrected chi connectivity index (χ4v) is 4.42. The lowest BCUT2D eigenvalue weighted by atomic mass is 9.92. The van der Waals surface area contributed by atoms with Crippen molar-refractivity contribution in [3.8, 4) is 5.75 Å². The van der Waals surface area contributed by atoms with Crippen molar-refractivity contribution in [2.24, 2.45) is 23.7 Å². The number of ether oxygens (including phenoxy) is 1. The summed E-state index contributed by atoms with van der Waals surface area (Å²) >= 11 is 0. The summed E-state index contributed by atoms with van der Waals surface area (Å²) in [5.74, 6) is -0.667. The summed E-state index contributed by atoms with van der Waals surface area (Å²) in [5.41, 5.74) is 0.747. The zero-order valence-corrected chi connectivity index (χ0v) is 15.3. The largest absolute Gasteiger partial charge is 0.497 e. The highest BCUT2D eigenvalue weighted by atomic mass is 16.5. The molecule has 1 aromatic carbocycles. The van der Waals surface area contributed by atoms with E-state index >= 15 is 0 Å². The van der Waals surface area contributed by atoms with Gasteiger partial charge in [0.1, 0.15) is 5.75 Å². The summed E-state index contributed by atoms with van der Waals surface area (Å²) in [6.07, 6.45) is 2.29. The number of likely N-dealkylation sites (tertiary alicyclic amines) is 1. The van der Waals surface area contributed by atoms with E-state index in [9.17, 15) is 19.5 Å². The molecule has 27 heavy (non-hydrogen) atoms. The molecule has 3 fully saturated rings. The summed E-state index contributed by atoms with van der Waals surface area (Å²) < 4.78 is 5.14. The summed E-state index contributed by atoms with van der Waals surface area (Å²) in [7, 11) is 1.58. The fourth-order valence-electron chi connectivity index (χ4n) is 4.42. The number of hydrogen-bond acceptors (Lipinski definition) is 4. The van der Waals surface area contributed by atoms with Crippen LogP contribution in [0.4, 0.5) is 5.69 Å². The Bertz CT molecular complexity index is 758. The number of carboxylic acid groups (broad SMARTS) is 1. The maximum atomic E-state index is 13.0. The topological polar surface area (TPSA) is 87.2 Å². The van der Waals surface area contributed by atoms with Gasteiger partial charge in [0.05, 0.1) is 18.9 Å². The second-order valence-electron chi connectivity index (χ2n) is 7.79. The fraction of sp³-hybridized carbons (Fsp3) is 0.550. The Morgan fingerprint density at radius 1 is 1.11 bits per heavy atom. The summed E-state index contributed by atoms with van der Waals surface area (Å²) in [4.78, 5) is 40.3. The van der Waals surface area contributed by atoms with E-state index in [0.717, 1.165) is 18.5 Å². The van der Waals surface area contributed by atoms with Crippen LogP contribution in [0.25, 0.3) is 0 Å². The first kappa shape index (κ1) is 17.8. The summed E-state index contributed by atoms with van der Waals surface area (Å²) in [6, 6.07) is 7.19. The van der Waals surface area contributed by atoms with Gasteiger partial charge in [-0.3, -0.25) is 14.4 Å². The van der Waals surface area contributed by atoms with E-state index in [0.29, 0.717) is 24.8 Å². The Labute approximate surface area is 157 Å². The van der Waals surface area contributed by atoms with Crippen molar-refractivity contribution < 1.29 is 24.2 Å². The third-order valence-corrected chi connectivity index (χ3v) is 6.08. The van der Waals surface area contributed by atoms with E-state index in [4.69, 9.17) is 4.74 Å². The molecule has 0 aromatic heterocycles. The molecule has 2 aliphatic heterocycles. The van der Waals surface area contributed by atoms with Gasteiger partial charge in [0.25, 0.3) is 0 Å². The molecule has 2 saturated heterocycles. The van der Waals surface area contributed by atoms with Crippen molar-refractivity contribution in [1.82, 2.24) is 4.90 Å². The van der Waals surface area contributed by atoms with Crippen molar-refractivity contribution in [2.75, 3.05) is 31.6 Å². The minimum absolute atomic E-state index is 0.0567. The van der Waals surface area contributed by atoms with Gasteiger partial charge in [0.15, 0.2) is 0 Å². The second kappa shape index (κ2) is 6.87. The Morgan fingerprint density at radius 2 is 1.81 bits per heavy atom. The highest BCUT2D eigenvalue weighted by Crippen LogP contribution is 2.44. The first-order chi connectivity index (χ1) is 13.0. The van der Waals surface area contributed by atoms with E-state index in [1.54, 1.807) is 29.0 Å². The zero-order chi connectivity index (χ0) is 19.1. The van der Waals surface area contributed by atoms with Gasteiger partial charge in [-0.2, -0.15) is 0 Å². The summed E-state index contributed by atoms with van der Waals surface area (Å²) in [5, 5.41) is 9.49. The van der Waals surface area contributed by atoms with E-state index in [-0.39, 0.29) is 30.7 Å². The molecule has 1 unspecified atom stereocenters. The number of rotatable bonds is 5. The average molecular weight is 372 g/mol. The second-order valence-corrected chi connectivity index (χ2v) is 7.79. The van der Waals surface area contributed by atoms with Crippen molar-refractivity contribution in [1.29, 1.82) is 0 Å². The van der Waals surface area contributed by atoms with Crippen LogP contribution < -0.4 is 9.64 Å². The van der Waals surface area contributed by atoms with Gasteiger partial charge in [0, 0.05) is 31.7 Å². The number of hydrogen-bond donors (Lipinski definition) is 1. The average Bonchev–Trinajstić information content (AvgIpc) is 3.29. The molecule has 7 heteroatoms. The van der Waals surface area contributed by atoms with Crippen molar-refractivity contribution >= 4 is 23.5 Å². The molecule has 1 aromatic rings. The third kappa shape index (κ3) is 3.38. The molecule has 0 radical (unpaired) electrons. The minimum atomic E-state index is -0.815. The maximum absolute atomic E-state index is 13.0. The van der Waals surface area contributed by atoms with Crippen LogP contribution in [0.5, 0.6) is 5.75 Å². The molecular formula is C20H24N2O5. The molecule has 144 valence electrons. The van der Waals surface area contributed by atoms with Crippen LogP contribution in [-0.2, 0) is 14.4 Å². The van der Waals surface area contributed by atoms with E-state index < -0.39 is 17.8 Å². The van der Waals surface area contributed by atoms with Crippen molar-refractivity contribution in [3.05, 3.63) is 24.3 Å². The molecule has 7 nitrogen and oxygen atoms in total. The van der Waals surface area contributed by atoms with Gasteiger partial charge < -0.3 is 19.6 Å². The normalized spacial score (nSPS) is 27.9. The molecule has 0 spiro atoms. The van der Waals surface area contributed by atoms with Gasteiger partial charge >= 0.3 is 5.97 Å². The molecule has 2 heterocycles. The third-order valence-electron chi connectivity index (χ3n) is 6.08. The molecule has 1 saturated carbocycles. The number of carboxylic acids is 1. The van der Waals surface area contributed by atoms with Crippen LogP contribution in [0.2, 0.25) is 0 Å². The Kier molecular flexibility index (Phi) is 4.53. The first-order valence-corrected chi connectivity index (χ1v) is 9.44. The maximum Gasteiger partial charge on any atom is 0.308 e. The molecule has 2 amide bonds. The molecule has 3 atom stereocenters. The quantitative estimate of drug-likeness (QED) is 0.849. The van der Waals surface area contributed by atoms with E-state index in [1.165, 1.54) is 0 Å². The molecule has 1 aliphatic carbocycles. The van der Waals surface area contributed by atoms with Crippen molar-refractivity contribution in [3.63, 3.8) is 0 Å². The lowest BCUT2D eigenvalue weighted by Crippen LogP contribution is -2.36. The SMILES string of the molecule is COc1ccc(N2CC(C(=O)N3C[C@H](C(=O)O)[C@@H](C4CC4)C3)CC2=O)cc1. The number of benzene rings is 1. The Hall–Kier alpha value is -2.57. The van der Waals surface area contributed by atoms with E-state index in [2.05, 4.69) is 0 Å². The number of amides is 2. The number of carbonyl (C=O) groups excluding carboxylic acids is 2. The van der Waals surface area contributed by atoms with Gasteiger partial charge in [0.2, 0.25) is 11.8 Å². The van der Waals surface area contributed by atoms with Crippen LogP contribution in [0.3, 0.4) is 0 Å². The van der Waals surface area contributed by atoms with E-state index in [1.807, 2.05) is 12.1 Å². The number of aliphatic carboxylic acids is 1. The summed E-state index contributed by atoms with van der Waals surface area (Å²) in [6.45, 7) is 1.11. The Balaban J connectivity index is 1.43. The van der Waals surface area contributed by atoms with Crippen LogP contribution in [0.1, 0.15) is 19.3 Å². The lowest BCUT2D eigenvalue weighted by Gasteiger charge is -2.21. The smallest absolute Gasteiger partial charge is 0.308 e. The lowest BCUT2D eigenvalue weighted by molar-refractivity contribution is -0.143. The van der Waals surface area contributed by atoms with Gasteiger partial charge in [-0.05, 0) is 48.9 Å². The standard InChI is InChI=1S/C20H24N2O5/c1-27-15-6-4-14(5-7-15)22-9-13(8-18(22)23)19(24)21-10-16(12-2-3-12)17(11-21)20(25)26/h4-7,12-13,16-17H,2-3,8-11H2,1H3,(H,25,26)/t13?,16-,17+/m1/s1. The first-order valence-electron chi connectivity index (χ1n) is 9.44. The van der Waals surface area contributed by atoms with Gasteiger partial charge in [-0.15, -0.1) is 0 Å². The monoisotopic (exact) mass is 372 g/mol. The highest BCUT2D eigenvalue weighted by molar-refractivity contribution is 6.00. The predicted molar refractivity (Wildman–Crippen MR) is 97.4 cm³/mol. The zero-order valence-electron chi connectivity index (χ0n) is 15.3. The van der Waals surface area contributed by atoms with Crippen LogP contribution in [-0.4, -0.2) is 54.5 Å². The predicted octanol–water partition coefficient (Wildman–Crippen LogP) is 1.62. The Morgan fingerprint density at radius 3 is 2.41 bits per heavy atom. The molecular weight excluding hydrogens is 348 g/mol. The van der Waals surface area contributed by atoms with Crippen LogP contribution >= 0.6 is 0 Å². The minimum Gasteiger partial charge on any atom is -0.497 e. The van der Waals surface area contributed by atoms with Crippen LogP contribution in [0.15, 0.2) is 24.3 Å². The molecule has 3 aliphatic rings. The highest BCUT2D eigenvalue weighted by Gasteiger charge is 2.48.